The highest BCUT2D eigenvalue weighted by Crippen LogP contribution is 2.30. The van der Waals surface area contributed by atoms with Crippen molar-refractivity contribution in [3.05, 3.63) is 0 Å². The van der Waals surface area contributed by atoms with E-state index < -0.39 is 10.0 Å². The first kappa shape index (κ1) is 15.4. The second-order valence-electron chi connectivity index (χ2n) is 5.60. The van der Waals surface area contributed by atoms with Gasteiger partial charge in [0.25, 0.3) is 0 Å². The summed E-state index contributed by atoms with van der Waals surface area (Å²) in [4.78, 5) is 10.9. The maximum Gasteiger partial charge on any atom is 0.305 e. The van der Waals surface area contributed by atoms with Gasteiger partial charge in [-0.15, -0.1) is 0 Å². The van der Waals surface area contributed by atoms with E-state index in [1.165, 1.54) is 7.11 Å². The molecule has 18 heavy (non-hydrogen) atoms. The zero-order valence-electron chi connectivity index (χ0n) is 11.4. The number of ether oxygens (including phenoxy) is 1. The van der Waals surface area contributed by atoms with Crippen LogP contribution >= 0.6 is 0 Å². The van der Waals surface area contributed by atoms with Gasteiger partial charge in [0, 0.05) is 19.5 Å². The van der Waals surface area contributed by atoms with Crippen molar-refractivity contribution in [2.45, 2.75) is 39.5 Å². The molecule has 5 nitrogen and oxygen atoms in total. The second kappa shape index (κ2) is 6.02. The van der Waals surface area contributed by atoms with Gasteiger partial charge in [-0.05, 0) is 24.7 Å². The standard InChI is InChI=1S/C12H23NO4S/c1-12(2)7-5-8-13(10-12)18(15,16)9-4-6-11(14)17-3/h4-10H2,1-3H3. The Balaban J connectivity index is 2.50. The summed E-state index contributed by atoms with van der Waals surface area (Å²) in [6.45, 7) is 5.35. The highest BCUT2D eigenvalue weighted by atomic mass is 32.2. The van der Waals surface area contributed by atoms with Gasteiger partial charge in [-0.3, -0.25) is 4.79 Å². The molecule has 6 heteroatoms. The number of carbonyl (C=O) groups is 1. The summed E-state index contributed by atoms with van der Waals surface area (Å²) >= 11 is 0. The molecular formula is C12H23NO4S. The van der Waals surface area contributed by atoms with Crippen LogP contribution in [0.15, 0.2) is 0 Å². The first-order chi connectivity index (χ1) is 8.27. The summed E-state index contributed by atoms with van der Waals surface area (Å²) in [6, 6.07) is 0. The van der Waals surface area contributed by atoms with E-state index in [-0.39, 0.29) is 23.6 Å². The fraction of sp³-hybridized carbons (Fsp3) is 0.917. The van der Waals surface area contributed by atoms with Gasteiger partial charge >= 0.3 is 5.97 Å². The van der Waals surface area contributed by atoms with Crippen molar-refractivity contribution < 1.29 is 17.9 Å². The Morgan fingerprint density at radius 3 is 2.61 bits per heavy atom. The minimum absolute atomic E-state index is 0.0260. The molecular weight excluding hydrogens is 254 g/mol. The first-order valence-corrected chi connectivity index (χ1v) is 7.92. The van der Waals surface area contributed by atoms with Crippen molar-refractivity contribution in [2.24, 2.45) is 5.41 Å². The van der Waals surface area contributed by atoms with Crippen molar-refractivity contribution >= 4 is 16.0 Å². The quantitative estimate of drug-likeness (QED) is 0.712. The van der Waals surface area contributed by atoms with Gasteiger partial charge in [0.15, 0.2) is 0 Å². The summed E-state index contributed by atoms with van der Waals surface area (Å²) in [5, 5.41) is 0. The molecule has 0 spiro atoms. The Labute approximate surface area is 110 Å². The number of nitrogens with zero attached hydrogens (tertiary/aromatic N) is 1. The van der Waals surface area contributed by atoms with Crippen molar-refractivity contribution in [3.63, 3.8) is 0 Å². The topological polar surface area (TPSA) is 63.7 Å². The molecule has 1 fully saturated rings. The van der Waals surface area contributed by atoms with Gasteiger partial charge in [0.1, 0.15) is 0 Å². The molecule has 0 aromatic rings. The molecule has 0 amide bonds. The zero-order chi connectivity index (χ0) is 13.8. The third kappa shape index (κ3) is 4.57. The van der Waals surface area contributed by atoms with Crippen molar-refractivity contribution in [2.75, 3.05) is 26.0 Å². The van der Waals surface area contributed by atoms with Gasteiger partial charge in [-0.1, -0.05) is 13.8 Å². The molecule has 1 aliphatic heterocycles. The van der Waals surface area contributed by atoms with E-state index in [0.717, 1.165) is 12.8 Å². The van der Waals surface area contributed by atoms with Crippen LogP contribution in [-0.2, 0) is 19.6 Å². The first-order valence-electron chi connectivity index (χ1n) is 6.31. The predicted octanol–water partition coefficient (Wildman–Crippen LogP) is 1.39. The number of esters is 1. The van der Waals surface area contributed by atoms with Crippen molar-refractivity contribution in [3.8, 4) is 0 Å². The normalized spacial score (nSPS) is 20.6. The SMILES string of the molecule is COC(=O)CCCS(=O)(=O)N1CCCC(C)(C)C1. The maximum atomic E-state index is 12.1. The third-order valence-corrected chi connectivity index (χ3v) is 5.17. The van der Waals surface area contributed by atoms with Crippen LogP contribution in [0.5, 0.6) is 0 Å². The number of carbonyl (C=O) groups excluding carboxylic acids is 1. The van der Waals surface area contributed by atoms with Crippen LogP contribution < -0.4 is 0 Å². The minimum atomic E-state index is -3.23. The second-order valence-corrected chi connectivity index (χ2v) is 7.69. The molecule has 106 valence electrons. The fourth-order valence-corrected chi connectivity index (χ4v) is 3.96. The van der Waals surface area contributed by atoms with Gasteiger partial charge in [-0.2, -0.15) is 0 Å². The largest absolute Gasteiger partial charge is 0.469 e. The molecule has 0 aliphatic carbocycles. The molecule has 1 aliphatic rings. The Kier molecular flexibility index (Phi) is 5.16. The van der Waals surface area contributed by atoms with Crippen LogP contribution in [0.25, 0.3) is 0 Å². The highest BCUT2D eigenvalue weighted by Gasteiger charge is 2.32. The van der Waals surface area contributed by atoms with E-state index in [2.05, 4.69) is 18.6 Å². The number of piperidine rings is 1. The van der Waals surface area contributed by atoms with Crippen LogP contribution in [0.1, 0.15) is 39.5 Å². The average Bonchev–Trinajstić information content (AvgIpc) is 2.27. The molecule has 0 bridgehead atoms. The van der Waals surface area contributed by atoms with Crippen molar-refractivity contribution in [1.82, 2.24) is 4.31 Å². The Hall–Kier alpha value is -0.620. The van der Waals surface area contributed by atoms with E-state index >= 15 is 0 Å². The van der Waals surface area contributed by atoms with E-state index in [1.54, 1.807) is 4.31 Å². The van der Waals surface area contributed by atoms with Crippen LogP contribution in [-0.4, -0.2) is 44.6 Å². The molecule has 0 radical (unpaired) electrons. The fourth-order valence-electron chi connectivity index (χ4n) is 2.24. The van der Waals surface area contributed by atoms with Crippen molar-refractivity contribution in [1.29, 1.82) is 0 Å². The predicted molar refractivity (Wildman–Crippen MR) is 69.6 cm³/mol. The number of rotatable bonds is 5. The molecule has 0 atom stereocenters. The monoisotopic (exact) mass is 277 g/mol. The minimum Gasteiger partial charge on any atom is -0.469 e. The molecule has 0 aromatic heterocycles. The highest BCUT2D eigenvalue weighted by molar-refractivity contribution is 7.89. The maximum absolute atomic E-state index is 12.1. The van der Waals surface area contributed by atoms with Crippen LogP contribution in [0, 0.1) is 5.41 Å². The summed E-state index contributed by atoms with van der Waals surface area (Å²) in [6.07, 6.45) is 2.45. The van der Waals surface area contributed by atoms with E-state index in [0.29, 0.717) is 19.5 Å². The third-order valence-electron chi connectivity index (χ3n) is 3.27. The summed E-state index contributed by atoms with van der Waals surface area (Å²) in [5.41, 5.74) is 0.0493. The lowest BCUT2D eigenvalue weighted by Crippen LogP contribution is -2.44. The summed E-state index contributed by atoms with van der Waals surface area (Å²) in [5.74, 6) is -0.331. The van der Waals surface area contributed by atoms with E-state index in [1.807, 2.05) is 0 Å². The number of sulfonamides is 1. The van der Waals surface area contributed by atoms with E-state index in [4.69, 9.17) is 0 Å². The average molecular weight is 277 g/mol. The van der Waals surface area contributed by atoms with Gasteiger partial charge in [0.2, 0.25) is 10.0 Å². The Morgan fingerprint density at radius 2 is 2.06 bits per heavy atom. The molecule has 0 N–H and O–H groups in total. The summed E-state index contributed by atoms with van der Waals surface area (Å²) < 4.78 is 30.3. The smallest absolute Gasteiger partial charge is 0.305 e. The number of hydrogen-bond acceptors (Lipinski definition) is 4. The molecule has 1 saturated heterocycles. The molecule has 0 unspecified atom stereocenters. The molecule has 0 saturated carbocycles. The number of hydrogen-bond donors (Lipinski definition) is 0. The molecule has 1 heterocycles. The van der Waals surface area contributed by atoms with Crippen LogP contribution in [0.3, 0.4) is 0 Å². The zero-order valence-corrected chi connectivity index (χ0v) is 12.3. The van der Waals surface area contributed by atoms with Gasteiger partial charge in [0.05, 0.1) is 12.9 Å². The lowest BCUT2D eigenvalue weighted by Gasteiger charge is -2.37. The van der Waals surface area contributed by atoms with Crippen LogP contribution in [0.2, 0.25) is 0 Å². The lowest BCUT2D eigenvalue weighted by molar-refractivity contribution is -0.140. The van der Waals surface area contributed by atoms with Crippen LogP contribution in [0.4, 0.5) is 0 Å². The summed E-state index contributed by atoms with van der Waals surface area (Å²) in [7, 11) is -1.92. The van der Waals surface area contributed by atoms with Gasteiger partial charge < -0.3 is 4.74 Å². The Morgan fingerprint density at radius 1 is 1.39 bits per heavy atom. The molecule has 0 aromatic carbocycles. The van der Waals surface area contributed by atoms with E-state index in [9.17, 15) is 13.2 Å². The van der Waals surface area contributed by atoms with Gasteiger partial charge in [-0.25, -0.2) is 12.7 Å². The molecule has 1 rings (SSSR count). The Bertz CT molecular complexity index is 389. The number of methoxy groups -OCH3 is 1. The lowest BCUT2D eigenvalue weighted by atomic mass is 9.85.